The van der Waals surface area contributed by atoms with Gasteiger partial charge in [0.15, 0.2) is 0 Å². The number of carbonyl (C=O) groups excluding carboxylic acids is 1. The number of halogens is 2. The SMILES string of the molecule is CNCC1CCN(C(=O)c2ccc(-c3ccc(Cl)cc3)cc2F)CC1. The van der Waals surface area contributed by atoms with Crippen molar-refractivity contribution in [3.05, 3.63) is 58.9 Å². The standard InChI is InChI=1S/C20H22ClFN2O/c1-23-13-14-8-10-24(11-9-14)20(25)18-7-4-16(12-19(18)22)15-2-5-17(21)6-3-15/h2-7,12,14,23H,8-11,13H2,1H3. The molecule has 1 heterocycles. The molecule has 1 amide bonds. The molecule has 0 radical (unpaired) electrons. The average Bonchev–Trinajstić information content (AvgIpc) is 2.63. The van der Waals surface area contributed by atoms with Crippen LogP contribution in [0.3, 0.4) is 0 Å². The molecule has 1 aliphatic heterocycles. The van der Waals surface area contributed by atoms with Gasteiger partial charge in [0.1, 0.15) is 5.82 Å². The summed E-state index contributed by atoms with van der Waals surface area (Å²) in [5.41, 5.74) is 1.75. The molecule has 1 N–H and O–H groups in total. The maximum absolute atomic E-state index is 14.5. The summed E-state index contributed by atoms with van der Waals surface area (Å²) >= 11 is 5.88. The first-order valence-corrected chi connectivity index (χ1v) is 8.95. The second kappa shape index (κ2) is 7.98. The first-order chi connectivity index (χ1) is 12.1. The van der Waals surface area contributed by atoms with Crippen LogP contribution < -0.4 is 5.32 Å². The number of amides is 1. The van der Waals surface area contributed by atoms with Crippen LogP contribution in [0.15, 0.2) is 42.5 Å². The largest absolute Gasteiger partial charge is 0.339 e. The Bertz CT molecular complexity index is 740. The number of hydrogen-bond acceptors (Lipinski definition) is 2. The van der Waals surface area contributed by atoms with Crippen LogP contribution in [0, 0.1) is 11.7 Å². The molecule has 0 aromatic heterocycles. The minimum atomic E-state index is -0.477. The van der Waals surface area contributed by atoms with Gasteiger partial charge in [0.25, 0.3) is 5.91 Å². The van der Waals surface area contributed by atoms with Crippen LogP contribution in [0.4, 0.5) is 4.39 Å². The molecule has 0 bridgehead atoms. The molecule has 0 spiro atoms. The van der Waals surface area contributed by atoms with E-state index in [1.165, 1.54) is 6.07 Å². The van der Waals surface area contributed by atoms with Crippen LogP contribution in [0.1, 0.15) is 23.2 Å². The Hall–Kier alpha value is -1.91. The molecule has 1 fully saturated rings. The molecular formula is C20H22ClFN2O. The lowest BCUT2D eigenvalue weighted by atomic mass is 9.96. The average molecular weight is 361 g/mol. The van der Waals surface area contributed by atoms with Gasteiger partial charge in [-0.05, 0) is 67.7 Å². The maximum atomic E-state index is 14.5. The maximum Gasteiger partial charge on any atom is 0.256 e. The molecule has 1 aliphatic rings. The van der Waals surface area contributed by atoms with Crippen LogP contribution in [0.5, 0.6) is 0 Å². The van der Waals surface area contributed by atoms with Gasteiger partial charge in [0.05, 0.1) is 5.56 Å². The Morgan fingerprint density at radius 2 is 1.80 bits per heavy atom. The molecule has 0 atom stereocenters. The summed E-state index contributed by atoms with van der Waals surface area (Å²) in [5, 5.41) is 3.81. The Kier molecular flexibility index (Phi) is 5.71. The number of benzene rings is 2. The topological polar surface area (TPSA) is 32.3 Å². The monoisotopic (exact) mass is 360 g/mol. The van der Waals surface area contributed by atoms with Crippen molar-refractivity contribution in [3.8, 4) is 11.1 Å². The fourth-order valence-corrected chi connectivity index (χ4v) is 3.44. The Labute approximate surface area is 152 Å². The van der Waals surface area contributed by atoms with Crippen LogP contribution in [0.25, 0.3) is 11.1 Å². The zero-order valence-corrected chi connectivity index (χ0v) is 15.0. The van der Waals surface area contributed by atoms with E-state index in [2.05, 4.69) is 5.32 Å². The number of piperidine rings is 1. The summed E-state index contributed by atoms with van der Waals surface area (Å²) in [6.07, 6.45) is 1.91. The van der Waals surface area contributed by atoms with Gasteiger partial charge in [0.2, 0.25) is 0 Å². The van der Waals surface area contributed by atoms with E-state index in [4.69, 9.17) is 11.6 Å². The first kappa shape index (κ1) is 17.9. The van der Waals surface area contributed by atoms with Crippen molar-refractivity contribution < 1.29 is 9.18 Å². The fourth-order valence-electron chi connectivity index (χ4n) is 3.31. The summed E-state index contributed by atoms with van der Waals surface area (Å²) in [6.45, 7) is 2.33. The van der Waals surface area contributed by atoms with Gasteiger partial charge in [-0.25, -0.2) is 4.39 Å². The van der Waals surface area contributed by atoms with Crippen molar-refractivity contribution >= 4 is 17.5 Å². The molecule has 5 heteroatoms. The van der Waals surface area contributed by atoms with Crippen molar-refractivity contribution in [1.82, 2.24) is 10.2 Å². The number of carbonyl (C=O) groups is 1. The van der Waals surface area contributed by atoms with Gasteiger partial charge in [-0.3, -0.25) is 4.79 Å². The third-order valence-corrected chi connectivity index (χ3v) is 5.02. The molecule has 2 aromatic rings. The molecule has 132 valence electrons. The molecule has 0 saturated carbocycles. The van der Waals surface area contributed by atoms with E-state index in [-0.39, 0.29) is 11.5 Å². The highest BCUT2D eigenvalue weighted by molar-refractivity contribution is 6.30. The van der Waals surface area contributed by atoms with Gasteiger partial charge in [-0.1, -0.05) is 29.8 Å². The van der Waals surface area contributed by atoms with Gasteiger partial charge in [-0.2, -0.15) is 0 Å². The smallest absolute Gasteiger partial charge is 0.256 e. The van der Waals surface area contributed by atoms with E-state index in [1.807, 2.05) is 19.2 Å². The third-order valence-electron chi connectivity index (χ3n) is 4.77. The zero-order chi connectivity index (χ0) is 17.8. The molecule has 0 aliphatic carbocycles. The van der Waals surface area contributed by atoms with Gasteiger partial charge in [0, 0.05) is 18.1 Å². The first-order valence-electron chi connectivity index (χ1n) is 8.58. The zero-order valence-electron chi connectivity index (χ0n) is 14.3. The van der Waals surface area contributed by atoms with Crippen LogP contribution in [-0.4, -0.2) is 37.5 Å². The van der Waals surface area contributed by atoms with Crippen molar-refractivity contribution in [2.45, 2.75) is 12.8 Å². The number of nitrogens with one attached hydrogen (secondary N) is 1. The minimum absolute atomic E-state index is 0.143. The van der Waals surface area contributed by atoms with Crippen LogP contribution in [0.2, 0.25) is 5.02 Å². The predicted molar refractivity (Wildman–Crippen MR) is 99.4 cm³/mol. The second-order valence-corrected chi connectivity index (χ2v) is 6.93. The molecule has 3 rings (SSSR count). The lowest BCUT2D eigenvalue weighted by Crippen LogP contribution is -2.40. The van der Waals surface area contributed by atoms with Crippen LogP contribution >= 0.6 is 11.6 Å². The number of likely N-dealkylation sites (tertiary alicyclic amines) is 1. The highest BCUT2D eigenvalue weighted by Crippen LogP contribution is 2.25. The lowest BCUT2D eigenvalue weighted by Gasteiger charge is -2.32. The second-order valence-electron chi connectivity index (χ2n) is 6.49. The Balaban J connectivity index is 1.72. The Morgan fingerprint density at radius 3 is 2.40 bits per heavy atom. The highest BCUT2D eigenvalue weighted by atomic mass is 35.5. The molecule has 3 nitrogen and oxygen atoms in total. The van der Waals surface area contributed by atoms with Crippen molar-refractivity contribution in [1.29, 1.82) is 0 Å². The number of rotatable bonds is 4. The van der Waals surface area contributed by atoms with Crippen molar-refractivity contribution in [3.63, 3.8) is 0 Å². The van der Waals surface area contributed by atoms with Gasteiger partial charge in [-0.15, -0.1) is 0 Å². The normalized spacial score (nSPS) is 15.4. The molecule has 2 aromatic carbocycles. The van der Waals surface area contributed by atoms with E-state index in [0.29, 0.717) is 24.0 Å². The predicted octanol–water partition coefficient (Wildman–Crippen LogP) is 4.22. The summed E-state index contributed by atoms with van der Waals surface area (Å²) in [4.78, 5) is 14.4. The lowest BCUT2D eigenvalue weighted by molar-refractivity contribution is 0.0686. The van der Waals surface area contributed by atoms with Crippen LogP contribution in [-0.2, 0) is 0 Å². The molecular weight excluding hydrogens is 339 g/mol. The Morgan fingerprint density at radius 1 is 1.16 bits per heavy atom. The third kappa shape index (κ3) is 4.20. The minimum Gasteiger partial charge on any atom is -0.339 e. The fraction of sp³-hybridized carbons (Fsp3) is 0.350. The van der Waals surface area contributed by atoms with Crippen molar-refractivity contribution in [2.24, 2.45) is 5.92 Å². The molecule has 0 unspecified atom stereocenters. The van der Waals surface area contributed by atoms with Gasteiger partial charge < -0.3 is 10.2 Å². The van der Waals surface area contributed by atoms with E-state index in [9.17, 15) is 9.18 Å². The number of nitrogens with zero attached hydrogens (tertiary/aromatic N) is 1. The van der Waals surface area contributed by atoms with Crippen molar-refractivity contribution in [2.75, 3.05) is 26.7 Å². The quantitative estimate of drug-likeness (QED) is 0.885. The molecule has 25 heavy (non-hydrogen) atoms. The number of hydrogen-bond donors (Lipinski definition) is 1. The summed E-state index contributed by atoms with van der Waals surface area (Å²) in [7, 11) is 1.94. The molecule has 1 saturated heterocycles. The van der Waals surface area contributed by atoms with E-state index >= 15 is 0 Å². The van der Waals surface area contributed by atoms with E-state index in [1.54, 1.807) is 29.2 Å². The summed E-state index contributed by atoms with van der Waals surface area (Å²) in [6, 6.07) is 12.0. The summed E-state index contributed by atoms with van der Waals surface area (Å²) in [5.74, 6) is -0.107. The van der Waals surface area contributed by atoms with E-state index < -0.39 is 5.82 Å². The van der Waals surface area contributed by atoms with Gasteiger partial charge >= 0.3 is 0 Å². The summed E-state index contributed by atoms with van der Waals surface area (Å²) < 4.78 is 14.5. The highest BCUT2D eigenvalue weighted by Gasteiger charge is 2.25. The van der Waals surface area contributed by atoms with E-state index in [0.717, 1.165) is 30.5 Å².